The van der Waals surface area contributed by atoms with Crippen LogP contribution in [0.1, 0.15) is 10.5 Å². The lowest BCUT2D eigenvalue weighted by Gasteiger charge is -2.09. The van der Waals surface area contributed by atoms with Crippen LogP contribution >= 0.6 is 0 Å². The fraction of sp³-hybridized carbons (Fsp3) is 0.556. The second-order valence-electron chi connectivity index (χ2n) is 3.50. The molecule has 1 aromatic rings. The van der Waals surface area contributed by atoms with Crippen LogP contribution < -0.4 is 11.1 Å². The average molecular weight is 266 g/mol. The number of nitrogens with one attached hydrogen (secondary N) is 1. The van der Waals surface area contributed by atoms with Gasteiger partial charge < -0.3 is 15.8 Å². The first-order valence-corrected chi connectivity index (χ1v) is 5.01. The summed E-state index contributed by atoms with van der Waals surface area (Å²) in [5.41, 5.74) is 5.86. The third-order valence-electron chi connectivity index (χ3n) is 1.98. The van der Waals surface area contributed by atoms with Gasteiger partial charge in [-0.2, -0.15) is 18.3 Å². The highest BCUT2D eigenvalue weighted by Gasteiger charge is 2.27. The lowest BCUT2D eigenvalue weighted by Crippen LogP contribution is -2.30. The number of nitrogens with zero attached hydrogens (tertiary/aromatic N) is 2. The van der Waals surface area contributed by atoms with Crippen molar-refractivity contribution in [2.45, 2.75) is 6.18 Å². The zero-order chi connectivity index (χ0) is 13.8. The van der Waals surface area contributed by atoms with E-state index in [0.29, 0.717) is 0 Å². The van der Waals surface area contributed by atoms with Gasteiger partial charge in [0.1, 0.15) is 12.3 Å². The van der Waals surface area contributed by atoms with Crippen LogP contribution in [0, 0.1) is 0 Å². The van der Waals surface area contributed by atoms with Crippen molar-refractivity contribution >= 4 is 11.6 Å². The van der Waals surface area contributed by atoms with Gasteiger partial charge in [0.2, 0.25) is 0 Å². The molecule has 0 fully saturated rings. The van der Waals surface area contributed by atoms with E-state index >= 15 is 0 Å². The van der Waals surface area contributed by atoms with E-state index in [-0.39, 0.29) is 24.5 Å². The zero-order valence-corrected chi connectivity index (χ0v) is 9.62. The SMILES string of the molecule is Cn1ncc(N)c1C(=O)NCCOCC(F)(F)F. The number of halogens is 3. The Labute approximate surface area is 101 Å². The normalized spacial score (nSPS) is 11.6. The molecule has 0 spiro atoms. The smallest absolute Gasteiger partial charge is 0.396 e. The van der Waals surface area contributed by atoms with Crippen molar-refractivity contribution < 1.29 is 22.7 Å². The van der Waals surface area contributed by atoms with Gasteiger partial charge in [0.05, 0.1) is 18.5 Å². The Morgan fingerprint density at radius 2 is 2.28 bits per heavy atom. The van der Waals surface area contributed by atoms with Gasteiger partial charge in [-0.15, -0.1) is 0 Å². The Kier molecular flexibility index (Phi) is 4.54. The number of alkyl halides is 3. The second-order valence-corrected chi connectivity index (χ2v) is 3.50. The Balaban J connectivity index is 2.31. The maximum Gasteiger partial charge on any atom is 0.411 e. The third-order valence-corrected chi connectivity index (χ3v) is 1.98. The number of ether oxygens (including phenoxy) is 1. The largest absolute Gasteiger partial charge is 0.411 e. The van der Waals surface area contributed by atoms with E-state index in [9.17, 15) is 18.0 Å². The molecule has 3 N–H and O–H groups in total. The van der Waals surface area contributed by atoms with E-state index in [1.54, 1.807) is 0 Å². The van der Waals surface area contributed by atoms with Crippen molar-refractivity contribution in [2.75, 3.05) is 25.5 Å². The number of hydrogen-bond acceptors (Lipinski definition) is 4. The van der Waals surface area contributed by atoms with Crippen molar-refractivity contribution in [2.24, 2.45) is 7.05 Å². The molecule has 9 heteroatoms. The van der Waals surface area contributed by atoms with Gasteiger partial charge in [0.25, 0.3) is 5.91 Å². The summed E-state index contributed by atoms with van der Waals surface area (Å²) in [6, 6.07) is 0. The standard InChI is InChI=1S/C9H13F3N4O2/c1-16-7(6(13)4-15-16)8(17)14-2-3-18-5-9(10,11)12/h4H,2-3,5,13H2,1H3,(H,14,17). The summed E-state index contributed by atoms with van der Waals surface area (Å²) in [6.07, 6.45) is -3.05. The van der Waals surface area contributed by atoms with Crippen LogP contribution in [0.25, 0.3) is 0 Å². The Morgan fingerprint density at radius 3 is 2.78 bits per heavy atom. The van der Waals surface area contributed by atoms with Gasteiger partial charge in [-0.1, -0.05) is 0 Å². The average Bonchev–Trinajstić information content (AvgIpc) is 2.56. The molecule has 1 amide bonds. The summed E-state index contributed by atoms with van der Waals surface area (Å²) < 4.78 is 40.8. The quantitative estimate of drug-likeness (QED) is 0.751. The molecule has 0 atom stereocenters. The van der Waals surface area contributed by atoms with Crippen molar-refractivity contribution in [3.05, 3.63) is 11.9 Å². The van der Waals surface area contributed by atoms with Crippen molar-refractivity contribution in [3.8, 4) is 0 Å². The molecule has 0 unspecified atom stereocenters. The fourth-order valence-corrected chi connectivity index (χ4v) is 1.24. The van der Waals surface area contributed by atoms with Crippen molar-refractivity contribution in [3.63, 3.8) is 0 Å². The van der Waals surface area contributed by atoms with Gasteiger partial charge in [0, 0.05) is 13.6 Å². The Bertz CT molecular complexity index is 397. The molecule has 1 heterocycles. The Morgan fingerprint density at radius 1 is 1.61 bits per heavy atom. The van der Waals surface area contributed by atoms with Gasteiger partial charge >= 0.3 is 6.18 Å². The summed E-state index contributed by atoms with van der Waals surface area (Å²) in [4.78, 5) is 11.6. The number of rotatable bonds is 5. The minimum absolute atomic E-state index is 0.0421. The number of carbonyl (C=O) groups is 1. The van der Waals surface area contributed by atoms with Crippen LogP contribution in [-0.2, 0) is 11.8 Å². The molecule has 1 rings (SSSR count). The first-order valence-electron chi connectivity index (χ1n) is 5.01. The lowest BCUT2D eigenvalue weighted by atomic mass is 10.3. The topological polar surface area (TPSA) is 82.2 Å². The number of nitrogens with two attached hydrogens (primary N) is 1. The summed E-state index contributed by atoms with van der Waals surface area (Å²) in [6.45, 7) is -1.61. The van der Waals surface area contributed by atoms with E-state index < -0.39 is 18.7 Å². The molecule has 0 aliphatic heterocycles. The van der Waals surface area contributed by atoms with Crippen molar-refractivity contribution in [1.29, 1.82) is 0 Å². The summed E-state index contributed by atoms with van der Waals surface area (Å²) in [7, 11) is 1.53. The molecule has 102 valence electrons. The highest BCUT2D eigenvalue weighted by molar-refractivity contribution is 5.97. The van der Waals surface area contributed by atoms with Crippen molar-refractivity contribution in [1.82, 2.24) is 15.1 Å². The monoisotopic (exact) mass is 266 g/mol. The summed E-state index contributed by atoms with van der Waals surface area (Å²) in [5, 5.41) is 6.15. The van der Waals surface area contributed by atoms with Crippen LogP contribution in [-0.4, -0.2) is 41.6 Å². The number of aryl methyl sites for hydroxylation is 1. The van der Waals surface area contributed by atoms with Gasteiger partial charge in [-0.05, 0) is 0 Å². The van der Waals surface area contributed by atoms with Crippen LogP contribution in [0.3, 0.4) is 0 Å². The molecule has 0 aliphatic carbocycles. The maximum absolute atomic E-state index is 11.7. The van der Waals surface area contributed by atoms with Crippen LogP contribution in [0.5, 0.6) is 0 Å². The summed E-state index contributed by atoms with van der Waals surface area (Å²) in [5.74, 6) is -0.511. The molecule has 0 aromatic carbocycles. The highest BCUT2D eigenvalue weighted by Crippen LogP contribution is 2.14. The molecule has 0 aliphatic rings. The van der Waals surface area contributed by atoms with E-state index in [1.807, 2.05) is 0 Å². The molecule has 18 heavy (non-hydrogen) atoms. The molecular formula is C9H13F3N4O2. The molecule has 0 saturated heterocycles. The number of hydrogen-bond donors (Lipinski definition) is 2. The molecular weight excluding hydrogens is 253 g/mol. The molecule has 1 aromatic heterocycles. The minimum Gasteiger partial charge on any atom is -0.396 e. The molecule has 6 nitrogen and oxygen atoms in total. The lowest BCUT2D eigenvalue weighted by molar-refractivity contribution is -0.173. The first-order chi connectivity index (χ1) is 8.31. The number of carbonyl (C=O) groups excluding carboxylic acids is 1. The predicted molar refractivity (Wildman–Crippen MR) is 56.8 cm³/mol. The predicted octanol–water partition coefficient (Wildman–Crippen LogP) is 0.311. The van der Waals surface area contributed by atoms with E-state index in [2.05, 4.69) is 15.2 Å². The zero-order valence-electron chi connectivity index (χ0n) is 9.62. The molecule has 0 radical (unpaired) electrons. The molecule has 0 bridgehead atoms. The number of anilines is 1. The minimum atomic E-state index is -4.36. The van der Waals surface area contributed by atoms with Gasteiger partial charge in [-0.25, -0.2) is 0 Å². The maximum atomic E-state index is 11.7. The fourth-order valence-electron chi connectivity index (χ4n) is 1.24. The first kappa shape index (κ1) is 14.3. The second kappa shape index (κ2) is 5.71. The molecule has 0 saturated carbocycles. The summed E-state index contributed by atoms with van der Waals surface area (Å²) >= 11 is 0. The number of amides is 1. The number of aromatic nitrogens is 2. The van der Waals surface area contributed by atoms with Crippen LogP contribution in [0.4, 0.5) is 18.9 Å². The van der Waals surface area contributed by atoms with Crippen LogP contribution in [0.2, 0.25) is 0 Å². The number of nitrogen functional groups attached to an aromatic ring is 1. The van der Waals surface area contributed by atoms with E-state index in [4.69, 9.17) is 5.73 Å². The highest BCUT2D eigenvalue weighted by atomic mass is 19.4. The van der Waals surface area contributed by atoms with Gasteiger partial charge in [-0.3, -0.25) is 9.48 Å². The van der Waals surface area contributed by atoms with E-state index in [0.717, 1.165) is 0 Å². The van der Waals surface area contributed by atoms with E-state index in [1.165, 1.54) is 17.9 Å². The third kappa shape index (κ3) is 4.24. The Hall–Kier alpha value is -1.77. The van der Waals surface area contributed by atoms with Crippen LogP contribution in [0.15, 0.2) is 6.20 Å². The van der Waals surface area contributed by atoms with Gasteiger partial charge in [0.15, 0.2) is 0 Å².